The minimum atomic E-state index is 0.257. The average Bonchev–Trinajstić information content (AvgIpc) is 3.24. The fraction of sp³-hybridized carbons (Fsp3) is 0.176. The van der Waals surface area contributed by atoms with E-state index in [0.29, 0.717) is 18.2 Å². The smallest absolute Gasteiger partial charge is 0.249 e. The van der Waals surface area contributed by atoms with Crippen LogP contribution in [0.4, 0.5) is 0 Å². The Balaban J connectivity index is 1.59. The van der Waals surface area contributed by atoms with E-state index < -0.39 is 0 Å². The molecule has 0 spiro atoms. The zero-order valence-corrected chi connectivity index (χ0v) is 14.4. The highest BCUT2D eigenvalue weighted by Gasteiger charge is 2.16. The maximum absolute atomic E-state index is 5.79. The molecule has 0 amide bonds. The number of halogens is 1. The van der Waals surface area contributed by atoms with Crippen LogP contribution in [-0.4, -0.2) is 24.1 Å². The lowest BCUT2D eigenvalue weighted by Crippen LogP contribution is -1.93. The summed E-state index contributed by atoms with van der Waals surface area (Å²) >= 11 is 3.49. The standard InChI is InChI=1S/C17H13BrN2O4/c1-21-11-3-4-13(18)12(8-11)17-20-19-16(24-17)7-10-2-5-14-15(6-10)23-9-22-14/h2-6,8H,7,9H2,1H3. The van der Waals surface area contributed by atoms with Crippen molar-refractivity contribution >= 4 is 15.9 Å². The molecule has 4 rings (SSSR count). The van der Waals surface area contributed by atoms with Gasteiger partial charge in [0.1, 0.15) is 5.75 Å². The first-order valence-corrected chi connectivity index (χ1v) is 8.07. The number of benzene rings is 2. The summed E-state index contributed by atoms with van der Waals surface area (Å²) in [4.78, 5) is 0. The monoisotopic (exact) mass is 388 g/mol. The van der Waals surface area contributed by atoms with Gasteiger partial charge < -0.3 is 18.6 Å². The van der Waals surface area contributed by atoms with Crippen LogP contribution in [0.5, 0.6) is 17.2 Å². The molecule has 0 aliphatic carbocycles. The molecule has 24 heavy (non-hydrogen) atoms. The third-order valence-corrected chi connectivity index (χ3v) is 4.35. The minimum Gasteiger partial charge on any atom is -0.497 e. The first kappa shape index (κ1) is 15.0. The third kappa shape index (κ3) is 2.82. The van der Waals surface area contributed by atoms with E-state index in [0.717, 1.165) is 32.8 Å². The average molecular weight is 389 g/mol. The second kappa shape index (κ2) is 6.16. The highest BCUT2D eigenvalue weighted by atomic mass is 79.9. The van der Waals surface area contributed by atoms with E-state index in [9.17, 15) is 0 Å². The van der Waals surface area contributed by atoms with Gasteiger partial charge in [0.05, 0.1) is 19.1 Å². The number of aromatic nitrogens is 2. The lowest BCUT2D eigenvalue weighted by molar-refractivity contribution is 0.174. The molecule has 0 N–H and O–H groups in total. The van der Waals surface area contributed by atoms with Gasteiger partial charge in [0, 0.05) is 4.47 Å². The summed E-state index contributed by atoms with van der Waals surface area (Å²) in [6, 6.07) is 11.4. The Bertz CT molecular complexity index is 894. The topological polar surface area (TPSA) is 66.6 Å². The van der Waals surface area contributed by atoms with Gasteiger partial charge in [-0.1, -0.05) is 6.07 Å². The molecule has 3 aromatic rings. The Morgan fingerprint density at radius 1 is 1.08 bits per heavy atom. The molecule has 1 aromatic heterocycles. The van der Waals surface area contributed by atoms with Crippen LogP contribution in [0.25, 0.3) is 11.5 Å². The molecule has 1 aliphatic heterocycles. The molecule has 2 aromatic carbocycles. The third-order valence-electron chi connectivity index (χ3n) is 3.66. The molecule has 0 saturated carbocycles. The van der Waals surface area contributed by atoms with E-state index in [1.54, 1.807) is 7.11 Å². The minimum absolute atomic E-state index is 0.257. The maximum Gasteiger partial charge on any atom is 0.249 e. The Morgan fingerprint density at radius 3 is 2.83 bits per heavy atom. The molecule has 0 fully saturated rings. The summed E-state index contributed by atoms with van der Waals surface area (Å²) < 4.78 is 22.6. The predicted octanol–water partition coefficient (Wildman–Crippen LogP) is 3.83. The van der Waals surface area contributed by atoms with E-state index in [1.807, 2.05) is 36.4 Å². The van der Waals surface area contributed by atoms with E-state index in [-0.39, 0.29) is 6.79 Å². The molecule has 6 nitrogen and oxygen atoms in total. The van der Waals surface area contributed by atoms with E-state index in [4.69, 9.17) is 18.6 Å². The first-order valence-electron chi connectivity index (χ1n) is 7.28. The van der Waals surface area contributed by atoms with Crippen LogP contribution in [0, 0.1) is 0 Å². The molecular formula is C17H13BrN2O4. The van der Waals surface area contributed by atoms with Crippen molar-refractivity contribution in [3.63, 3.8) is 0 Å². The molecule has 0 atom stereocenters. The van der Waals surface area contributed by atoms with E-state index in [2.05, 4.69) is 26.1 Å². The van der Waals surface area contributed by atoms with Crippen LogP contribution in [0.2, 0.25) is 0 Å². The van der Waals surface area contributed by atoms with Crippen LogP contribution >= 0.6 is 15.9 Å². The van der Waals surface area contributed by atoms with E-state index in [1.165, 1.54) is 0 Å². The Kier molecular flexibility index (Phi) is 3.86. The Morgan fingerprint density at radius 2 is 1.96 bits per heavy atom. The van der Waals surface area contributed by atoms with Gasteiger partial charge in [-0.15, -0.1) is 10.2 Å². The summed E-state index contributed by atoms with van der Waals surface area (Å²) in [7, 11) is 1.62. The summed E-state index contributed by atoms with van der Waals surface area (Å²) in [6.45, 7) is 0.257. The number of methoxy groups -OCH3 is 1. The van der Waals surface area contributed by atoms with Crippen molar-refractivity contribution in [2.45, 2.75) is 6.42 Å². The van der Waals surface area contributed by atoms with Gasteiger partial charge >= 0.3 is 0 Å². The van der Waals surface area contributed by atoms with Gasteiger partial charge in [-0.2, -0.15) is 0 Å². The van der Waals surface area contributed by atoms with Gasteiger partial charge in [0.25, 0.3) is 0 Å². The second-order valence-corrected chi connectivity index (χ2v) is 6.07. The number of rotatable bonds is 4. The van der Waals surface area contributed by atoms with Gasteiger partial charge in [-0.3, -0.25) is 0 Å². The summed E-state index contributed by atoms with van der Waals surface area (Å²) in [5.74, 6) is 3.19. The van der Waals surface area contributed by atoms with Gasteiger partial charge in [0.15, 0.2) is 11.5 Å². The SMILES string of the molecule is COc1ccc(Br)c(-c2nnc(Cc3ccc4c(c3)OCO4)o2)c1. The number of hydrogen-bond acceptors (Lipinski definition) is 6. The Labute approximate surface area is 146 Å². The van der Waals surface area contributed by atoms with Crippen LogP contribution < -0.4 is 14.2 Å². The number of fused-ring (bicyclic) bond motifs is 1. The molecule has 122 valence electrons. The summed E-state index contributed by atoms with van der Waals surface area (Å²) in [5.41, 5.74) is 1.80. The summed E-state index contributed by atoms with van der Waals surface area (Å²) in [6.07, 6.45) is 0.519. The predicted molar refractivity (Wildman–Crippen MR) is 89.4 cm³/mol. The van der Waals surface area contributed by atoms with Gasteiger partial charge in [0.2, 0.25) is 18.6 Å². The van der Waals surface area contributed by atoms with Crippen LogP contribution in [0.3, 0.4) is 0 Å². The van der Waals surface area contributed by atoms with E-state index >= 15 is 0 Å². The molecule has 2 heterocycles. The second-order valence-electron chi connectivity index (χ2n) is 5.21. The fourth-order valence-electron chi connectivity index (χ4n) is 2.45. The first-order chi connectivity index (χ1) is 11.7. The van der Waals surface area contributed by atoms with Crippen molar-refractivity contribution in [2.24, 2.45) is 0 Å². The van der Waals surface area contributed by atoms with Crippen molar-refractivity contribution in [3.8, 4) is 28.7 Å². The van der Waals surface area contributed by atoms with Gasteiger partial charge in [-0.25, -0.2) is 0 Å². The number of nitrogens with zero attached hydrogens (tertiary/aromatic N) is 2. The zero-order chi connectivity index (χ0) is 16.5. The largest absolute Gasteiger partial charge is 0.497 e. The highest BCUT2D eigenvalue weighted by Crippen LogP contribution is 2.34. The molecule has 0 radical (unpaired) electrons. The van der Waals surface area contributed by atoms with Crippen LogP contribution in [-0.2, 0) is 6.42 Å². The number of hydrogen-bond donors (Lipinski definition) is 0. The Hall–Kier alpha value is -2.54. The van der Waals surface area contributed by atoms with Crippen molar-refractivity contribution in [3.05, 3.63) is 52.3 Å². The maximum atomic E-state index is 5.79. The van der Waals surface area contributed by atoms with Crippen molar-refractivity contribution in [1.82, 2.24) is 10.2 Å². The number of ether oxygens (including phenoxy) is 3. The van der Waals surface area contributed by atoms with Crippen molar-refractivity contribution in [2.75, 3.05) is 13.9 Å². The zero-order valence-electron chi connectivity index (χ0n) is 12.8. The molecular weight excluding hydrogens is 376 g/mol. The van der Waals surface area contributed by atoms with Crippen LogP contribution in [0.1, 0.15) is 11.5 Å². The van der Waals surface area contributed by atoms with Crippen molar-refractivity contribution in [1.29, 1.82) is 0 Å². The van der Waals surface area contributed by atoms with Crippen molar-refractivity contribution < 1.29 is 18.6 Å². The lowest BCUT2D eigenvalue weighted by atomic mass is 10.1. The molecule has 0 unspecified atom stereocenters. The van der Waals surface area contributed by atoms with Crippen LogP contribution in [0.15, 0.2) is 45.3 Å². The highest BCUT2D eigenvalue weighted by molar-refractivity contribution is 9.10. The fourth-order valence-corrected chi connectivity index (χ4v) is 2.87. The molecule has 7 heteroatoms. The molecule has 0 bridgehead atoms. The molecule has 1 aliphatic rings. The molecule has 0 saturated heterocycles. The quantitative estimate of drug-likeness (QED) is 0.676. The normalized spacial score (nSPS) is 12.4. The lowest BCUT2D eigenvalue weighted by Gasteiger charge is -2.03. The van der Waals surface area contributed by atoms with Gasteiger partial charge in [-0.05, 0) is 51.8 Å². The summed E-state index contributed by atoms with van der Waals surface area (Å²) in [5, 5.41) is 8.26.